The van der Waals surface area contributed by atoms with Crippen molar-refractivity contribution in [3.63, 3.8) is 0 Å². The zero-order chi connectivity index (χ0) is 18.1. The first-order valence-electron chi connectivity index (χ1n) is 8.92. The Labute approximate surface area is 150 Å². The highest BCUT2D eigenvalue weighted by Crippen LogP contribution is 2.25. The van der Waals surface area contributed by atoms with Crippen LogP contribution in [-0.2, 0) is 0 Å². The van der Waals surface area contributed by atoms with Crippen LogP contribution in [0.3, 0.4) is 0 Å². The summed E-state index contributed by atoms with van der Waals surface area (Å²) < 4.78 is 14.6. The van der Waals surface area contributed by atoms with Gasteiger partial charge in [0.25, 0.3) is 5.56 Å². The summed E-state index contributed by atoms with van der Waals surface area (Å²) in [5.74, 6) is 0.406. The molecule has 0 aliphatic carbocycles. The lowest BCUT2D eigenvalue weighted by atomic mass is 10.1. The zero-order valence-electron chi connectivity index (χ0n) is 14.4. The van der Waals surface area contributed by atoms with Crippen molar-refractivity contribution in [1.29, 1.82) is 0 Å². The van der Waals surface area contributed by atoms with Crippen molar-refractivity contribution in [2.24, 2.45) is 5.73 Å². The maximum absolute atomic E-state index is 13.3. The van der Waals surface area contributed by atoms with Crippen LogP contribution >= 0.6 is 0 Å². The highest BCUT2D eigenvalue weighted by molar-refractivity contribution is 5.91. The van der Waals surface area contributed by atoms with Gasteiger partial charge < -0.3 is 10.6 Å². The Morgan fingerprint density at radius 3 is 2.54 bits per heavy atom. The van der Waals surface area contributed by atoms with E-state index in [1.54, 1.807) is 18.2 Å². The third-order valence-corrected chi connectivity index (χ3v) is 4.86. The molecule has 2 N–H and O–H groups in total. The number of rotatable bonds is 2. The van der Waals surface area contributed by atoms with E-state index in [1.165, 1.54) is 16.8 Å². The summed E-state index contributed by atoms with van der Waals surface area (Å²) in [4.78, 5) is 15.1. The lowest BCUT2D eigenvalue weighted by Crippen LogP contribution is -2.37. The molecule has 0 amide bonds. The minimum Gasteiger partial charge on any atom is -0.353 e. The third kappa shape index (κ3) is 3.08. The van der Waals surface area contributed by atoms with Crippen LogP contribution in [-0.4, -0.2) is 28.9 Å². The number of nitrogens with zero attached hydrogens (tertiary/aromatic N) is 3. The largest absolute Gasteiger partial charge is 0.353 e. The molecule has 26 heavy (non-hydrogen) atoms. The van der Waals surface area contributed by atoms with E-state index in [2.05, 4.69) is 10.00 Å². The van der Waals surface area contributed by atoms with Gasteiger partial charge in [-0.05, 0) is 43.2 Å². The predicted octanol–water partition coefficient (Wildman–Crippen LogP) is 2.84. The van der Waals surface area contributed by atoms with Crippen molar-refractivity contribution < 1.29 is 4.39 Å². The molecule has 5 nitrogen and oxygen atoms in total. The highest BCUT2D eigenvalue weighted by Gasteiger charge is 2.21. The summed E-state index contributed by atoms with van der Waals surface area (Å²) in [6, 6.07) is 13.4. The molecule has 2 heterocycles. The first kappa shape index (κ1) is 16.7. The molecule has 1 aliphatic heterocycles. The summed E-state index contributed by atoms with van der Waals surface area (Å²) in [6.07, 6.45) is 3.12. The maximum atomic E-state index is 13.3. The molecule has 0 saturated carbocycles. The van der Waals surface area contributed by atoms with Crippen LogP contribution in [0.15, 0.2) is 53.3 Å². The minimum atomic E-state index is -0.346. The van der Waals surface area contributed by atoms with E-state index < -0.39 is 0 Å². The van der Waals surface area contributed by atoms with Gasteiger partial charge in [0.2, 0.25) is 0 Å². The molecule has 1 aliphatic rings. The second-order valence-corrected chi connectivity index (χ2v) is 6.76. The average molecular weight is 352 g/mol. The molecule has 4 rings (SSSR count). The normalized spacial score (nSPS) is 18.1. The van der Waals surface area contributed by atoms with Crippen molar-refractivity contribution in [3.8, 4) is 5.69 Å². The molecule has 2 aromatic carbocycles. The lowest BCUT2D eigenvalue weighted by molar-refractivity contribution is 0.618. The van der Waals surface area contributed by atoms with Gasteiger partial charge in [-0.15, -0.1) is 5.10 Å². The fraction of sp³-hybridized carbons (Fsp3) is 0.300. The summed E-state index contributed by atoms with van der Waals surface area (Å²) in [5, 5.41) is 6.07. The molecule has 0 spiro atoms. The first-order valence-corrected chi connectivity index (χ1v) is 8.92. The van der Waals surface area contributed by atoms with Crippen LogP contribution in [0.5, 0.6) is 0 Å². The monoisotopic (exact) mass is 352 g/mol. The summed E-state index contributed by atoms with van der Waals surface area (Å²) in [5.41, 5.74) is 6.55. The molecule has 1 fully saturated rings. The van der Waals surface area contributed by atoms with E-state index in [9.17, 15) is 9.18 Å². The van der Waals surface area contributed by atoms with Crippen molar-refractivity contribution in [2.45, 2.75) is 25.3 Å². The quantitative estimate of drug-likeness (QED) is 0.770. The number of hydrogen-bond donors (Lipinski definition) is 1. The summed E-state index contributed by atoms with van der Waals surface area (Å²) >= 11 is 0. The third-order valence-electron chi connectivity index (χ3n) is 4.86. The summed E-state index contributed by atoms with van der Waals surface area (Å²) in [6.45, 7) is 1.56. The average Bonchev–Trinajstić information content (AvgIpc) is 2.88. The molecule has 1 unspecified atom stereocenters. The number of nitrogens with two attached hydrogens (primary N) is 1. The molecule has 3 aromatic rings. The SMILES string of the molecule is NC1CCCCN(c2nn(-c3ccc(F)cc3)c(=O)c3ccccc23)C1. The van der Waals surface area contributed by atoms with Crippen molar-refractivity contribution in [3.05, 3.63) is 64.7 Å². The molecular weight excluding hydrogens is 331 g/mol. The Morgan fingerprint density at radius 1 is 1.04 bits per heavy atom. The maximum Gasteiger partial charge on any atom is 0.279 e. The van der Waals surface area contributed by atoms with E-state index in [0.29, 0.717) is 17.6 Å². The van der Waals surface area contributed by atoms with Gasteiger partial charge in [0.05, 0.1) is 11.1 Å². The van der Waals surface area contributed by atoms with E-state index in [1.807, 2.05) is 18.2 Å². The number of aromatic nitrogens is 2. The van der Waals surface area contributed by atoms with Gasteiger partial charge in [-0.3, -0.25) is 4.79 Å². The Morgan fingerprint density at radius 2 is 1.77 bits per heavy atom. The number of fused-ring (bicyclic) bond motifs is 1. The first-order chi connectivity index (χ1) is 12.6. The van der Waals surface area contributed by atoms with Crippen molar-refractivity contribution >= 4 is 16.6 Å². The van der Waals surface area contributed by atoms with E-state index in [4.69, 9.17) is 5.73 Å². The van der Waals surface area contributed by atoms with Gasteiger partial charge in [-0.2, -0.15) is 4.68 Å². The second-order valence-electron chi connectivity index (χ2n) is 6.76. The standard InChI is InChI=1S/C20H21FN4O/c21-14-8-10-16(11-9-14)25-20(26)18-7-2-1-6-17(18)19(23-25)24-12-4-3-5-15(22)13-24/h1-2,6-11,15H,3-5,12-13,22H2. The number of anilines is 1. The minimum absolute atomic E-state index is 0.0873. The van der Waals surface area contributed by atoms with Crippen LogP contribution in [0.1, 0.15) is 19.3 Å². The van der Waals surface area contributed by atoms with Crippen LogP contribution in [0.2, 0.25) is 0 Å². The number of hydrogen-bond acceptors (Lipinski definition) is 4. The van der Waals surface area contributed by atoms with E-state index in [0.717, 1.165) is 37.0 Å². The fourth-order valence-electron chi connectivity index (χ4n) is 3.53. The van der Waals surface area contributed by atoms with E-state index >= 15 is 0 Å². The number of benzene rings is 2. The Hall–Kier alpha value is -2.73. The molecule has 0 bridgehead atoms. The molecular formula is C20H21FN4O. The molecule has 1 atom stereocenters. The van der Waals surface area contributed by atoms with Gasteiger partial charge in [0, 0.05) is 24.5 Å². The molecule has 134 valence electrons. The number of halogens is 1. The Kier molecular flexibility index (Phi) is 4.42. The molecule has 1 saturated heterocycles. The zero-order valence-corrected chi connectivity index (χ0v) is 14.4. The lowest BCUT2D eigenvalue weighted by Gasteiger charge is -2.25. The van der Waals surface area contributed by atoms with Gasteiger partial charge in [-0.1, -0.05) is 24.6 Å². The highest BCUT2D eigenvalue weighted by atomic mass is 19.1. The van der Waals surface area contributed by atoms with Crippen LogP contribution in [0, 0.1) is 5.82 Å². The van der Waals surface area contributed by atoms with Crippen LogP contribution < -0.4 is 16.2 Å². The second kappa shape index (κ2) is 6.88. The topological polar surface area (TPSA) is 64.2 Å². The van der Waals surface area contributed by atoms with Crippen LogP contribution in [0.25, 0.3) is 16.5 Å². The molecule has 6 heteroatoms. The predicted molar refractivity (Wildman–Crippen MR) is 101 cm³/mol. The van der Waals surface area contributed by atoms with Gasteiger partial charge in [0.15, 0.2) is 5.82 Å². The van der Waals surface area contributed by atoms with E-state index in [-0.39, 0.29) is 17.4 Å². The van der Waals surface area contributed by atoms with Gasteiger partial charge in [-0.25, -0.2) is 4.39 Å². The molecule has 0 radical (unpaired) electrons. The molecule has 1 aromatic heterocycles. The Balaban J connectivity index is 1.92. The van der Waals surface area contributed by atoms with Gasteiger partial charge in [0.1, 0.15) is 5.82 Å². The summed E-state index contributed by atoms with van der Waals surface area (Å²) in [7, 11) is 0. The Bertz CT molecular complexity index is 983. The van der Waals surface area contributed by atoms with Gasteiger partial charge >= 0.3 is 0 Å². The van der Waals surface area contributed by atoms with Crippen LogP contribution in [0.4, 0.5) is 10.2 Å². The fourth-order valence-corrected chi connectivity index (χ4v) is 3.53. The smallest absolute Gasteiger partial charge is 0.279 e. The van der Waals surface area contributed by atoms with Crippen molar-refractivity contribution in [1.82, 2.24) is 9.78 Å². The van der Waals surface area contributed by atoms with Crippen molar-refractivity contribution in [2.75, 3.05) is 18.0 Å².